The monoisotopic (exact) mass is 246 g/mol. The highest BCUT2D eigenvalue weighted by Crippen LogP contribution is 2.12. The van der Waals surface area contributed by atoms with Gasteiger partial charge in [-0.2, -0.15) is 0 Å². The molecule has 0 aliphatic rings. The standard InChI is InChI=1S/C12H14N4O2/c1-9-4-2-3-5-11(9)13-12(18)7-16-6-10(8-17)14-15-16/h2-6,17H,7-8H2,1H3,(H,13,18). The molecule has 2 rings (SSSR count). The van der Waals surface area contributed by atoms with E-state index in [0.717, 1.165) is 11.3 Å². The fraction of sp³-hybridized carbons (Fsp3) is 0.250. The van der Waals surface area contributed by atoms with Crippen LogP contribution in [0.2, 0.25) is 0 Å². The molecule has 0 saturated heterocycles. The summed E-state index contributed by atoms with van der Waals surface area (Å²) in [5, 5.41) is 19.1. The van der Waals surface area contributed by atoms with E-state index in [9.17, 15) is 4.79 Å². The molecule has 0 saturated carbocycles. The molecule has 6 nitrogen and oxygen atoms in total. The quantitative estimate of drug-likeness (QED) is 0.833. The van der Waals surface area contributed by atoms with Crippen LogP contribution in [0.1, 0.15) is 11.3 Å². The number of aliphatic hydroxyl groups is 1. The van der Waals surface area contributed by atoms with Crippen molar-refractivity contribution in [1.82, 2.24) is 15.0 Å². The lowest BCUT2D eigenvalue weighted by molar-refractivity contribution is -0.116. The van der Waals surface area contributed by atoms with Crippen LogP contribution in [0.5, 0.6) is 0 Å². The lowest BCUT2D eigenvalue weighted by Gasteiger charge is -2.07. The van der Waals surface area contributed by atoms with Crippen LogP contribution in [-0.2, 0) is 17.9 Å². The highest BCUT2D eigenvalue weighted by atomic mass is 16.3. The fourth-order valence-electron chi connectivity index (χ4n) is 1.54. The molecule has 0 aliphatic carbocycles. The second kappa shape index (κ2) is 5.42. The third kappa shape index (κ3) is 2.92. The Bertz CT molecular complexity index is 551. The van der Waals surface area contributed by atoms with Crippen molar-refractivity contribution < 1.29 is 9.90 Å². The zero-order chi connectivity index (χ0) is 13.0. The van der Waals surface area contributed by atoms with Gasteiger partial charge >= 0.3 is 0 Å². The Morgan fingerprint density at radius 2 is 2.22 bits per heavy atom. The number of para-hydroxylation sites is 1. The number of hydrogen-bond donors (Lipinski definition) is 2. The van der Waals surface area contributed by atoms with Gasteiger partial charge in [-0.1, -0.05) is 23.4 Å². The summed E-state index contributed by atoms with van der Waals surface area (Å²) < 4.78 is 1.39. The van der Waals surface area contributed by atoms with E-state index in [1.165, 1.54) is 10.9 Å². The first kappa shape index (κ1) is 12.3. The lowest BCUT2D eigenvalue weighted by Crippen LogP contribution is -2.19. The van der Waals surface area contributed by atoms with Crippen molar-refractivity contribution >= 4 is 11.6 Å². The third-order valence-corrected chi connectivity index (χ3v) is 2.47. The predicted octanol–water partition coefficient (Wildman–Crippen LogP) is 0.718. The normalized spacial score (nSPS) is 10.3. The molecule has 1 heterocycles. The van der Waals surface area contributed by atoms with Crippen molar-refractivity contribution in [1.29, 1.82) is 0 Å². The largest absolute Gasteiger partial charge is 0.390 e. The van der Waals surface area contributed by atoms with Gasteiger partial charge in [0.15, 0.2) is 0 Å². The Balaban J connectivity index is 1.99. The van der Waals surface area contributed by atoms with Crippen LogP contribution in [0, 0.1) is 6.92 Å². The number of hydrogen-bond acceptors (Lipinski definition) is 4. The number of aromatic nitrogens is 3. The number of anilines is 1. The number of nitrogens with one attached hydrogen (secondary N) is 1. The first-order valence-electron chi connectivity index (χ1n) is 5.54. The maximum atomic E-state index is 11.8. The Labute approximate surface area is 104 Å². The van der Waals surface area contributed by atoms with E-state index in [1.54, 1.807) is 0 Å². The molecule has 94 valence electrons. The number of carbonyl (C=O) groups is 1. The van der Waals surface area contributed by atoms with Crippen molar-refractivity contribution in [3.63, 3.8) is 0 Å². The van der Waals surface area contributed by atoms with E-state index in [2.05, 4.69) is 15.6 Å². The summed E-state index contributed by atoms with van der Waals surface area (Å²) >= 11 is 0. The minimum Gasteiger partial charge on any atom is -0.390 e. The van der Waals surface area contributed by atoms with Crippen molar-refractivity contribution in [3.8, 4) is 0 Å². The molecule has 1 amide bonds. The molecule has 2 aromatic rings. The first-order chi connectivity index (χ1) is 8.69. The van der Waals surface area contributed by atoms with E-state index in [-0.39, 0.29) is 19.1 Å². The van der Waals surface area contributed by atoms with Gasteiger partial charge < -0.3 is 10.4 Å². The van der Waals surface area contributed by atoms with Gasteiger partial charge in [0.2, 0.25) is 5.91 Å². The first-order valence-corrected chi connectivity index (χ1v) is 5.54. The Morgan fingerprint density at radius 3 is 2.89 bits per heavy atom. The average Bonchev–Trinajstić information content (AvgIpc) is 2.80. The molecular weight excluding hydrogens is 232 g/mol. The topological polar surface area (TPSA) is 80.0 Å². The van der Waals surface area contributed by atoms with Crippen LogP contribution < -0.4 is 5.32 Å². The zero-order valence-corrected chi connectivity index (χ0v) is 10.00. The Morgan fingerprint density at radius 1 is 1.44 bits per heavy atom. The molecule has 0 spiro atoms. The maximum absolute atomic E-state index is 11.8. The lowest BCUT2D eigenvalue weighted by atomic mass is 10.2. The smallest absolute Gasteiger partial charge is 0.246 e. The van der Waals surface area contributed by atoms with Gasteiger partial charge in [-0.25, -0.2) is 4.68 Å². The summed E-state index contributed by atoms with van der Waals surface area (Å²) in [6.07, 6.45) is 1.54. The molecule has 18 heavy (non-hydrogen) atoms. The number of aryl methyl sites for hydroxylation is 1. The molecule has 0 fully saturated rings. The fourth-order valence-corrected chi connectivity index (χ4v) is 1.54. The van der Waals surface area contributed by atoms with E-state index >= 15 is 0 Å². The van der Waals surface area contributed by atoms with Crippen LogP contribution in [0.3, 0.4) is 0 Å². The Kier molecular flexibility index (Phi) is 3.69. The van der Waals surface area contributed by atoms with Crippen molar-refractivity contribution in [2.24, 2.45) is 0 Å². The van der Waals surface area contributed by atoms with Gasteiger partial charge in [-0.15, -0.1) is 5.10 Å². The minimum absolute atomic E-state index is 0.0708. The van der Waals surface area contributed by atoms with Crippen molar-refractivity contribution in [2.45, 2.75) is 20.1 Å². The number of benzene rings is 1. The van der Waals surface area contributed by atoms with Gasteiger partial charge in [0, 0.05) is 5.69 Å². The number of nitrogens with zero attached hydrogens (tertiary/aromatic N) is 3. The SMILES string of the molecule is Cc1ccccc1NC(=O)Cn1cc(CO)nn1. The van der Waals surface area contributed by atoms with Crippen LogP contribution in [0.4, 0.5) is 5.69 Å². The van der Waals surface area contributed by atoms with Crippen LogP contribution in [0.25, 0.3) is 0 Å². The summed E-state index contributed by atoms with van der Waals surface area (Å²) in [6, 6.07) is 7.54. The maximum Gasteiger partial charge on any atom is 0.246 e. The molecule has 6 heteroatoms. The van der Waals surface area contributed by atoms with E-state index < -0.39 is 0 Å². The summed E-state index contributed by atoms with van der Waals surface area (Å²) in [5.41, 5.74) is 2.23. The Hall–Kier alpha value is -2.21. The average molecular weight is 246 g/mol. The van der Waals surface area contributed by atoms with Crippen molar-refractivity contribution in [3.05, 3.63) is 41.7 Å². The molecule has 0 aliphatic heterocycles. The van der Waals surface area contributed by atoms with Gasteiger partial charge in [0.1, 0.15) is 12.2 Å². The molecule has 0 bridgehead atoms. The van der Waals surface area contributed by atoms with Crippen LogP contribution >= 0.6 is 0 Å². The number of rotatable bonds is 4. The second-order valence-corrected chi connectivity index (χ2v) is 3.93. The molecule has 0 atom stereocenters. The van der Waals surface area contributed by atoms with E-state index in [4.69, 9.17) is 5.11 Å². The number of amides is 1. The summed E-state index contributed by atoms with van der Waals surface area (Å²) in [4.78, 5) is 11.8. The predicted molar refractivity (Wildman–Crippen MR) is 65.8 cm³/mol. The minimum atomic E-state index is -0.182. The molecule has 0 radical (unpaired) electrons. The molecule has 0 unspecified atom stereocenters. The summed E-state index contributed by atoms with van der Waals surface area (Å²) in [6.45, 7) is 1.82. The van der Waals surface area contributed by atoms with Gasteiger partial charge in [-0.3, -0.25) is 4.79 Å². The highest BCUT2D eigenvalue weighted by molar-refractivity contribution is 5.91. The molecular formula is C12H14N4O2. The molecule has 2 N–H and O–H groups in total. The second-order valence-electron chi connectivity index (χ2n) is 3.93. The van der Waals surface area contributed by atoms with E-state index in [1.807, 2.05) is 31.2 Å². The van der Waals surface area contributed by atoms with Crippen LogP contribution in [-0.4, -0.2) is 26.0 Å². The zero-order valence-electron chi connectivity index (χ0n) is 10.00. The van der Waals surface area contributed by atoms with E-state index in [0.29, 0.717) is 5.69 Å². The van der Waals surface area contributed by atoms with Gasteiger partial charge in [0.25, 0.3) is 0 Å². The summed E-state index contributed by atoms with van der Waals surface area (Å²) in [5.74, 6) is -0.182. The third-order valence-electron chi connectivity index (χ3n) is 2.47. The van der Waals surface area contributed by atoms with Gasteiger partial charge in [-0.05, 0) is 18.6 Å². The van der Waals surface area contributed by atoms with Crippen LogP contribution in [0.15, 0.2) is 30.5 Å². The highest BCUT2D eigenvalue weighted by Gasteiger charge is 2.07. The molecule has 1 aromatic heterocycles. The number of carbonyl (C=O) groups excluding carboxylic acids is 1. The number of aliphatic hydroxyl groups excluding tert-OH is 1. The van der Waals surface area contributed by atoms with Crippen molar-refractivity contribution in [2.75, 3.05) is 5.32 Å². The molecule has 1 aromatic carbocycles. The van der Waals surface area contributed by atoms with Gasteiger partial charge in [0.05, 0.1) is 12.8 Å². The summed E-state index contributed by atoms with van der Waals surface area (Å²) in [7, 11) is 0.